The van der Waals surface area contributed by atoms with Gasteiger partial charge >= 0.3 is 0 Å². The van der Waals surface area contributed by atoms with Gasteiger partial charge in [-0.2, -0.15) is 0 Å². The van der Waals surface area contributed by atoms with E-state index >= 15 is 0 Å². The fourth-order valence-electron chi connectivity index (χ4n) is 1.86. The van der Waals surface area contributed by atoms with Crippen molar-refractivity contribution in [3.63, 3.8) is 0 Å². The number of rotatable bonds is 4. The van der Waals surface area contributed by atoms with Gasteiger partial charge in [0.15, 0.2) is 5.69 Å². The van der Waals surface area contributed by atoms with E-state index in [0.29, 0.717) is 11.7 Å². The van der Waals surface area contributed by atoms with Crippen molar-refractivity contribution >= 4 is 5.91 Å². The number of nitrogens with one attached hydrogen (secondary N) is 1. The number of hydrogen-bond acceptors (Lipinski definition) is 5. The molecule has 0 aromatic carbocycles. The maximum Gasteiger partial charge on any atom is 0.275 e. The monoisotopic (exact) mass is 253 g/mol. The number of amides is 1. The molecule has 0 bridgehead atoms. The van der Waals surface area contributed by atoms with Crippen molar-refractivity contribution in [1.29, 1.82) is 0 Å². The molecule has 0 unspecified atom stereocenters. The Labute approximate surface area is 106 Å². The first kappa shape index (κ1) is 13.0. The Morgan fingerprint density at radius 2 is 2.33 bits per heavy atom. The van der Waals surface area contributed by atoms with E-state index in [4.69, 9.17) is 0 Å². The molecule has 1 aliphatic heterocycles. The molecular formula is C11H19N5O2. The quantitative estimate of drug-likeness (QED) is 0.739. The van der Waals surface area contributed by atoms with Crippen LogP contribution in [0.5, 0.6) is 0 Å². The van der Waals surface area contributed by atoms with Crippen LogP contribution in [0.15, 0.2) is 6.20 Å². The molecule has 100 valence electrons. The van der Waals surface area contributed by atoms with Gasteiger partial charge in [0.05, 0.1) is 17.8 Å². The molecule has 1 fully saturated rings. The molecular weight excluding hydrogens is 234 g/mol. The minimum absolute atomic E-state index is 0.226. The second kappa shape index (κ2) is 4.66. The minimum Gasteiger partial charge on any atom is -0.389 e. The highest BCUT2D eigenvalue weighted by atomic mass is 16.3. The SMILES string of the molecule is CN(CC(C)(C)O)C(=O)c1cn(C2CNC2)nn1. The summed E-state index contributed by atoms with van der Waals surface area (Å²) < 4.78 is 1.71. The van der Waals surface area contributed by atoms with Crippen LogP contribution < -0.4 is 5.32 Å². The van der Waals surface area contributed by atoms with Gasteiger partial charge in [0.1, 0.15) is 0 Å². The molecule has 0 radical (unpaired) electrons. The highest BCUT2D eigenvalue weighted by Crippen LogP contribution is 2.11. The predicted octanol–water partition coefficient (Wildman–Crippen LogP) is -0.735. The first-order valence-corrected chi connectivity index (χ1v) is 5.97. The van der Waals surface area contributed by atoms with E-state index < -0.39 is 5.60 Å². The minimum atomic E-state index is -0.918. The van der Waals surface area contributed by atoms with E-state index in [1.54, 1.807) is 31.8 Å². The third kappa shape index (κ3) is 2.85. The van der Waals surface area contributed by atoms with E-state index in [1.165, 1.54) is 4.90 Å². The normalized spacial score (nSPS) is 16.4. The lowest BCUT2D eigenvalue weighted by Gasteiger charge is -2.26. The van der Waals surface area contributed by atoms with Gasteiger partial charge in [0.2, 0.25) is 0 Å². The molecule has 7 heteroatoms. The average Bonchev–Trinajstić information content (AvgIpc) is 2.60. The molecule has 1 saturated heterocycles. The highest BCUT2D eigenvalue weighted by molar-refractivity contribution is 5.91. The fraction of sp³-hybridized carbons (Fsp3) is 0.727. The Balaban J connectivity index is 2.01. The molecule has 0 aliphatic carbocycles. The second-order valence-electron chi connectivity index (χ2n) is 5.37. The first-order valence-electron chi connectivity index (χ1n) is 5.97. The lowest BCUT2D eigenvalue weighted by molar-refractivity contribution is 0.0365. The van der Waals surface area contributed by atoms with Crippen LogP contribution in [0.25, 0.3) is 0 Å². The summed E-state index contributed by atoms with van der Waals surface area (Å²) in [6.07, 6.45) is 1.66. The molecule has 1 aromatic rings. The Kier molecular flexibility index (Phi) is 3.36. The largest absolute Gasteiger partial charge is 0.389 e. The summed E-state index contributed by atoms with van der Waals surface area (Å²) in [7, 11) is 1.64. The van der Waals surface area contributed by atoms with Crippen molar-refractivity contribution < 1.29 is 9.90 Å². The van der Waals surface area contributed by atoms with Crippen molar-refractivity contribution in [1.82, 2.24) is 25.2 Å². The van der Waals surface area contributed by atoms with E-state index in [9.17, 15) is 9.90 Å². The van der Waals surface area contributed by atoms with Crippen molar-refractivity contribution in [2.75, 3.05) is 26.7 Å². The topological polar surface area (TPSA) is 83.3 Å². The maximum absolute atomic E-state index is 12.0. The molecule has 2 N–H and O–H groups in total. The van der Waals surface area contributed by atoms with Crippen LogP contribution in [-0.2, 0) is 0 Å². The molecule has 1 aliphatic rings. The maximum atomic E-state index is 12.0. The van der Waals surface area contributed by atoms with Gasteiger partial charge in [-0.15, -0.1) is 5.10 Å². The number of carbonyl (C=O) groups excluding carboxylic acids is 1. The van der Waals surface area contributed by atoms with Gasteiger partial charge in [-0.1, -0.05) is 5.21 Å². The number of likely N-dealkylation sites (N-methyl/N-ethyl adjacent to an activating group) is 1. The molecule has 1 amide bonds. The van der Waals surface area contributed by atoms with Gasteiger partial charge in [0.25, 0.3) is 5.91 Å². The Bertz CT molecular complexity index is 433. The van der Waals surface area contributed by atoms with Crippen LogP contribution in [0, 0.1) is 0 Å². The third-order valence-electron chi connectivity index (χ3n) is 2.83. The van der Waals surface area contributed by atoms with E-state index in [2.05, 4.69) is 15.6 Å². The molecule has 2 heterocycles. The van der Waals surface area contributed by atoms with E-state index in [-0.39, 0.29) is 12.5 Å². The van der Waals surface area contributed by atoms with Gasteiger partial charge < -0.3 is 15.3 Å². The summed E-state index contributed by atoms with van der Waals surface area (Å²) in [4.78, 5) is 13.5. The Hall–Kier alpha value is -1.47. The van der Waals surface area contributed by atoms with Crippen molar-refractivity contribution in [3.05, 3.63) is 11.9 Å². The van der Waals surface area contributed by atoms with E-state index in [1.807, 2.05) is 0 Å². The van der Waals surface area contributed by atoms with Crippen LogP contribution >= 0.6 is 0 Å². The molecule has 18 heavy (non-hydrogen) atoms. The standard InChI is InChI=1S/C11H19N5O2/c1-11(2,18)7-15(3)10(17)9-6-16(14-13-9)8-4-12-5-8/h6,8,12,18H,4-5,7H2,1-3H3. The number of aliphatic hydroxyl groups is 1. The van der Waals surface area contributed by atoms with Crippen LogP contribution in [0.1, 0.15) is 30.4 Å². The van der Waals surface area contributed by atoms with E-state index in [0.717, 1.165) is 13.1 Å². The van der Waals surface area contributed by atoms with Crippen LogP contribution in [0.3, 0.4) is 0 Å². The van der Waals surface area contributed by atoms with Crippen molar-refractivity contribution in [2.24, 2.45) is 0 Å². The summed E-state index contributed by atoms with van der Waals surface area (Å²) in [6.45, 7) is 5.29. The Morgan fingerprint density at radius 1 is 1.67 bits per heavy atom. The molecule has 0 spiro atoms. The lowest BCUT2D eigenvalue weighted by atomic mass is 10.1. The van der Waals surface area contributed by atoms with Gasteiger partial charge in [-0.3, -0.25) is 4.79 Å². The smallest absolute Gasteiger partial charge is 0.275 e. The average molecular weight is 253 g/mol. The molecule has 2 rings (SSSR count). The van der Waals surface area contributed by atoms with Crippen molar-refractivity contribution in [2.45, 2.75) is 25.5 Å². The molecule has 0 atom stereocenters. The zero-order chi connectivity index (χ0) is 13.3. The number of carbonyl (C=O) groups is 1. The first-order chi connectivity index (χ1) is 8.37. The van der Waals surface area contributed by atoms with Gasteiger partial charge in [-0.05, 0) is 13.8 Å². The van der Waals surface area contributed by atoms with Crippen LogP contribution in [-0.4, -0.2) is 63.2 Å². The summed E-state index contributed by atoms with van der Waals surface area (Å²) in [5.41, 5.74) is -0.605. The van der Waals surface area contributed by atoms with Gasteiger partial charge in [0, 0.05) is 26.7 Å². The number of hydrogen-bond donors (Lipinski definition) is 2. The number of aromatic nitrogens is 3. The molecule has 1 aromatic heterocycles. The zero-order valence-corrected chi connectivity index (χ0v) is 10.9. The Morgan fingerprint density at radius 3 is 2.83 bits per heavy atom. The highest BCUT2D eigenvalue weighted by Gasteiger charge is 2.25. The van der Waals surface area contributed by atoms with Crippen LogP contribution in [0.4, 0.5) is 0 Å². The fourth-order valence-corrected chi connectivity index (χ4v) is 1.86. The predicted molar refractivity (Wildman–Crippen MR) is 65.2 cm³/mol. The summed E-state index contributed by atoms with van der Waals surface area (Å²) in [5, 5.41) is 20.7. The summed E-state index contributed by atoms with van der Waals surface area (Å²) in [5.74, 6) is -0.226. The molecule has 7 nitrogen and oxygen atoms in total. The second-order valence-corrected chi connectivity index (χ2v) is 5.37. The number of nitrogens with zero attached hydrogens (tertiary/aromatic N) is 4. The third-order valence-corrected chi connectivity index (χ3v) is 2.83. The van der Waals surface area contributed by atoms with Gasteiger partial charge in [-0.25, -0.2) is 4.68 Å². The van der Waals surface area contributed by atoms with Crippen molar-refractivity contribution in [3.8, 4) is 0 Å². The zero-order valence-electron chi connectivity index (χ0n) is 10.9. The summed E-state index contributed by atoms with van der Waals surface area (Å²) in [6, 6.07) is 0.290. The van der Waals surface area contributed by atoms with Crippen LogP contribution in [0.2, 0.25) is 0 Å². The lowest BCUT2D eigenvalue weighted by Crippen LogP contribution is -2.43. The molecule has 0 saturated carbocycles. The summed E-state index contributed by atoms with van der Waals surface area (Å²) >= 11 is 0.